The van der Waals surface area contributed by atoms with Crippen LogP contribution in [0.15, 0.2) is 23.3 Å². The lowest BCUT2D eigenvalue weighted by atomic mass is 9.76. The zero-order valence-electron chi connectivity index (χ0n) is 9.58. The second kappa shape index (κ2) is 4.59. The monoisotopic (exact) mass is 192 g/mol. The molecule has 0 aromatic carbocycles. The number of hydrogen-bond donors (Lipinski definition) is 0. The van der Waals surface area contributed by atoms with Gasteiger partial charge in [0.05, 0.1) is 0 Å². The summed E-state index contributed by atoms with van der Waals surface area (Å²) in [6.45, 7) is 8.53. The zero-order valence-corrected chi connectivity index (χ0v) is 9.58. The second-order valence-corrected chi connectivity index (χ2v) is 4.67. The van der Waals surface area contributed by atoms with Crippen molar-refractivity contribution in [2.45, 2.75) is 34.1 Å². The molecule has 1 nitrogen and oxygen atoms in total. The van der Waals surface area contributed by atoms with Crippen molar-refractivity contribution in [2.75, 3.05) is 0 Å². The summed E-state index contributed by atoms with van der Waals surface area (Å²) in [5, 5.41) is 0. The van der Waals surface area contributed by atoms with Crippen molar-refractivity contribution in [3.63, 3.8) is 0 Å². The van der Waals surface area contributed by atoms with E-state index >= 15 is 0 Å². The smallest absolute Gasteiger partial charge is 0.123 e. The molecular weight excluding hydrogens is 172 g/mol. The van der Waals surface area contributed by atoms with E-state index in [4.69, 9.17) is 0 Å². The third kappa shape index (κ3) is 2.57. The molecule has 0 N–H and O–H groups in total. The fourth-order valence-electron chi connectivity index (χ4n) is 2.05. The Balaban J connectivity index is 2.90. The molecule has 0 spiro atoms. The first-order valence-electron chi connectivity index (χ1n) is 5.33. The van der Waals surface area contributed by atoms with Crippen LogP contribution in [0.1, 0.15) is 34.1 Å². The van der Waals surface area contributed by atoms with E-state index in [1.807, 2.05) is 0 Å². The van der Waals surface area contributed by atoms with Gasteiger partial charge in [-0.25, -0.2) is 0 Å². The first-order chi connectivity index (χ1) is 6.54. The summed E-state index contributed by atoms with van der Waals surface area (Å²) in [4.78, 5) is 10.9. The number of aldehydes is 1. The van der Waals surface area contributed by atoms with Crippen molar-refractivity contribution in [3.8, 4) is 0 Å². The zero-order chi connectivity index (χ0) is 10.7. The maximum atomic E-state index is 10.9. The number of allylic oxidation sites excluding steroid dienone is 4. The predicted molar refractivity (Wildman–Crippen MR) is 60.0 cm³/mol. The third-order valence-electron chi connectivity index (χ3n) is 3.05. The van der Waals surface area contributed by atoms with Gasteiger partial charge in [-0.1, -0.05) is 30.2 Å². The molecule has 1 heteroatoms. The first-order valence-corrected chi connectivity index (χ1v) is 5.33. The van der Waals surface area contributed by atoms with Gasteiger partial charge in [-0.2, -0.15) is 0 Å². The average Bonchev–Trinajstić information content (AvgIpc) is 2.10. The Bertz CT molecular complexity index is 269. The Morgan fingerprint density at radius 1 is 1.50 bits per heavy atom. The topological polar surface area (TPSA) is 17.1 Å². The van der Waals surface area contributed by atoms with Gasteiger partial charge in [0.2, 0.25) is 0 Å². The summed E-state index contributed by atoms with van der Waals surface area (Å²) >= 11 is 0. The summed E-state index contributed by atoms with van der Waals surface area (Å²) in [7, 11) is 0. The molecule has 1 aliphatic rings. The number of rotatable bonds is 2. The highest BCUT2D eigenvalue weighted by Gasteiger charge is 2.25. The van der Waals surface area contributed by atoms with Crippen LogP contribution < -0.4 is 0 Å². The normalized spacial score (nSPS) is 32.0. The van der Waals surface area contributed by atoms with Crippen LogP contribution in [0, 0.1) is 17.8 Å². The molecule has 78 valence electrons. The SMILES string of the molecule is CC(C)=C[C@H]1C=C(C)[C@@H](C)C[C@@H]1C=O. The summed E-state index contributed by atoms with van der Waals surface area (Å²) in [5.74, 6) is 1.07. The van der Waals surface area contributed by atoms with Crippen molar-refractivity contribution >= 4 is 6.29 Å². The van der Waals surface area contributed by atoms with Gasteiger partial charge in [0.1, 0.15) is 6.29 Å². The van der Waals surface area contributed by atoms with Gasteiger partial charge in [0, 0.05) is 11.8 Å². The molecule has 0 fully saturated rings. The first kappa shape index (κ1) is 11.2. The molecule has 0 heterocycles. The summed E-state index contributed by atoms with van der Waals surface area (Å²) in [5.41, 5.74) is 2.71. The maximum Gasteiger partial charge on any atom is 0.123 e. The molecule has 0 aromatic heterocycles. The maximum absolute atomic E-state index is 10.9. The van der Waals surface area contributed by atoms with Crippen LogP contribution in [0.4, 0.5) is 0 Å². The van der Waals surface area contributed by atoms with Crippen molar-refractivity contribution in [2.24, 2.45) is 17.8 Å². The number of carbonyl (C=O) groups excluding carboxylic acids is 1. The van der Waals surface area contributed by atoms with Crippen molar-refractivity contribution in [3.05, 3.63) is 23.3 Å². The lowest BCUT2D eigenvalue weighted by molar-refractivity contribution is -0.112. The minimum absolute atomic E-state index is 0.184. The van der Waals surface area contributed by atoms with Crippen LogP contribution in [0.25, 0.3) is 0 Å². The molecule has 1 aliphatic carbocycles. The fourth-order valence-corrected chi connectivity index (χ4v) is 2.05. The fraction of sp³-hybridized carbons (Fsp3) is 0.615. The van der Waals surface area contributed by atoms with E-state index in [0.29, 0.717) is 11.8 Å². The highest BCUT2D eigenvalue weighted by molar-refractivity contribution is 5.56. The molecule has 0 aromatic rings. The lowest BCUT2D eigenvalue weighted by Gasteiger charge is -2.28. The molecule has 0 bridgehead atoms. The minimum Gasteiger partial charge on any atom is -0.303 e. The molecule has 0 radical (unpaired) electrons. The Kier molecular flexibility index (Phi) is 3.68. The van der Waals surface area contributed by atoms with Gasteiger partial charge < -0.3 is 4.79 Å². The summed E-state index contributed by atoms with van der Waals surface area (Å²) in [6, 6.07) is 0. The van der Waals surface area contributed by atoms with E-state index in [1.165, 1.54) is 11.1 Å². The van der Waals surface area contributed by atoms with Crippen molar-refractivity contribution < 1.29 is 4.79 Å². The molecule has 3 atom stereocenters. The van der Waals surface area contributed by atoms with Crippen LogP contribution in [0.3, 0.4) is 0 Å². The Morgan fingerprint density at radius 2 is 2.14 bits per heavy atom. The quantitative estimate of drug-likeness (QED) is 0.484. The molecule has 14 heavy (non-hydrogen) atoms. The minimum atomic E-state index is 0.184. The largest absolute Gasteiger partial charge is 0.303 e. The van der Waals surface area contributed by atoms with Crippen LogP contribution in [-0.2, 0) is 4.79 Å². The van der Waals surface area contributed by atoms with Crippen LogP contribution in [-0.4, -0.2) is 6.29 Å². The molecule has 0 saturated carbocycles. The van der Waals surface area contributed by atoms with Gasteiger partial charge in [-0.15, -0.1) is 0 Å². The van der Waals surface area contributed by atoms with E-state index in [-0.39, 0.29) is 5.92 Å². The van der Waals surface area contributed by atoms with Gasteiger partial charge >= 0.3 is 0 Å². The van der Waals surface area contributed by atoms with Crippen molar-refractivity contribution in [1.29, 1.82) is 0 Å². The number of carbonyl (C=O) groups is 1. The molecule has 0 aliphatic heterocycles. The van der Waals surface area contributed by atoms with E-state index in [2.05, 4.69) is 39.8 Å². The summed E-state index contributed by atoms with van der Waals surface area (Å²) < 4.78 is 0. The van der Waals surface area contributed by atoms with E-state index < -0.39 is 0 Å². The standard InChI is InChI=1S/C13H20O/c1-9(2)5-12-6-10(3)11(4)7-13(12)8-14/h5-6,8,11-13H,7H2,1-4H3/t11-,12-,13+/m0/s1. The summed E-state index contributed by atoms with van der Waals surface area (Å²) in [6.07, 6.45) is 6.57. The van der Waals surface area contributed by atoms with Gasteiger partial charge in [-0.3, -0.25) is 0 Å². The van der Waals surface area contributed by atoms with E-state index in [1.54, 1.807) is 0 Å². The van der Waals surface area contributed by atoms with Crippen LogP contribution in [0.2, 0.25) is 0 Å². The van der Waals surface area contributed by atoms with E-state index in [9.17, 15) is 4.79 Å². The molecule has 0 amide bonds. The predicted octanol–water partition coefficient (Wildman–Crippen LogP) is 3.37. The Labute approximate surface area is 86.9 Å². The lowest BCUT2D eigenvalue weighted by Crippen LogP contribution is -2.22. The Hall–Kier alpha value is -0.850. The number of hydrogen-bond acceptors (Lipinski definition) is 1. The Morgan fingerprint density at radius 3 is 2.64 bits per heavy atom. The highest BCUT2D eigenvalue weighted by atomic mass is 16.1. The third-order valence-corrected chi connectivity index (χ3v) is 3.05. The molecular formula is C13H20O. The van der Waals surface area contributed by atoms with Gasteiger partial charge in [-0.05, 0) is 33.1 Å². The van der Waals surface area contributed by atoms with Crippen LogP contribution >= 0.6 is 0 Å². The van der Waals surface area contributed by atoms with Crippen LogP contribution in [0.5, 0.6) is 0 Å². The second-order valence-electron chi connectivity index (χ2n) is 4.67. The van der Waals surface area contributed by atoms with E-state index in [0.717, 1.165) is 12.7 Å². The average molecular weight is 192 g/mol. The van der Waals surface area contributed by atoms with Gasteiger partial charge in [0.25, 0.3) is 0 Å². The highest BCUT2D eigenvalue weighted by Crippen LogP contribution is 2.32. The molecule has 1 rings (SSSR count). The molecule has 0 unspecified atom stereocenters. The van der Waals surface area contributed by atoms with Crippen molar-refractivity contribution in [1.82, 2.24) is 0 Å². The van der Waals surface area contributed by atoms with Gasteiger partial charge in [0.15, 0.2) is 0 Å². The molecule has 0 saturated heterocycles.